The molecule has 0 aromatic carbocycles. The SMILES string of the molecule is Cc1ccc(C(=O)N2CCC(C)(CN)CC2)o1. The quantitative estimate of drug-likeness (QED) is 0.851. The Morgan fingerprint density at radius 1 is 1.47 bits per heavy atom. The average Bonchev–Trinajstić information content (AvgIpc) is 2.76. The number of nitrogens with two attached hydrogens (primary N) is 1. The van der Waals surface area contributed by atoms with Crippen molar-refractivity contribution in [2.24, 2.45) is 11.1 Å². The van der Waals surface area contributed by atoms with Gasteiger partial charge in [-0.15, -0.1) is 0 Å². The first kappa shape index (κ1) is 12.2. The van der Waals surface area contributed by atoms with E-state index in [0.29, 0.717) is 12.3 Å². The van der Waals surface area contributed by atoms with Crippen molar-refractivity contribution in [2.75, 3.05) is 19.6 Å². The van der Waals surface area contributed by atoms with Crippen LogP contribution in [-0.2, 0) is 0 Å². The van der Waals surface area contributed by atoms with Gasteiger partial charge >= 0.3 is 0 Å². The van der Waals surface area contributed by atoms with E-state index < -0.39 is 0 Å². The molecule has 1 aliphatic heterocycles. The number of likely N-dealkylation sites (tertiary alicyclic amines) is 1. The highest BCUT2D eigenvalue weighted by Crippen LogP contribution is 2.30. The van der Waals surface area contributed by atoms with Crippen molar-refractivity contribution >= 4 is 5.91 Å². The fourth-order valence-corrected chi connectivity index (χ4v) is 2.16. The zero-order valence-electron chi connectivity index (χ0n) is 10.5. The van der Waals surface area contributed by atoms with Gasteiger partial charge in [0.15, 0.2) is 5.76 Å². The van der Waals surface area contributed by atoms with Crippen LogP contribution in [0.15, 0.2) is 16.5 Å². The van der Waals surface area contributed by atoms with E-state index in [1.54, 1.807) is 6.07 Å². The Balaban J connectivity index is 1.99. The number of amides is 1. The summed E-state index contributed by atoms with van der Waals surface area (Å²) in [6, 6.07) is 3.57. The van der Waals surface area contributed by atoms with E-state index in [9.17, 15) is 4.79 Å². The van der Waals surface area contributed by atoms with Crippen LogP contribution < -0.4 is 5.73 Å². The molecule has 0 aliphatic carbocycles. The Hall–Kier alpha value is -1.29. The summed E-state index contributed by atoms with van der Waals surface area (Å²) in [5, 5.41) is 0. The fraction of sp³-hybridized carbons (Fsp3) is 0.615. The molecule has 4 heteroatoms. The van der Waals surface area contributed by atoms with Crippen LogP contribution in [-0.4, -0.2) is 30.4 Å². The zero-order chi connectivity index (χ0) is 12.5. The Kier molecular flexibility index (Phi) is 3.24. The van der Waals surface area contributed by atoms with E-state index in [-0.39, 0.29) is 11.3 Å². The Bertz CT molecular complexity index is 403. The molecule has 2 rings (SSSR count). The summed E-state index contributed by atoms with van der Waals surface area (Å²) in [5.74, 6) is 1.22. The van der Waals surface area contributed by atoms with Crippen molar-refractivity contribution in [2.45, 2.75) is 26.7 Å². The summed E-state index contributed by atoms with van der Waals surface area (Å²) in [7, 11) is 0. The van der Waals surface area contributed by atoms with Crippen molar-refractivity contribution in [3.05, 3.63) is 23.7 Å². The maximum absolute atomic E-state index is 12.1. The lowest BCUT2D eigenvalue weighted by Crippen LogP contribution is -2.44. The van der Waals surface area contributed by atoms with E-state index in [4.69, 9.17) is 10.2 Å². The molecular formula is C13H20N2O2. The molecule has 1 saturated heterocycles. The van der Waals surface area contributed by atoms with Gasteiger partial charge in [0.25, 0.3) is 5.91 Å². The summed E-state index contributed by atoms with van der Waals surface area (Å²) < 4.78 is 5.36. The maximum Gasteiger partial charge on any atom is 0.289 e. The molecule has 94 valence electrons. The largest absolute Gasteiger partial charge is 0.456 e. The summed E-state index contributed by atoms with van der Waals surface area (Å²) in [6.45, 7) is 6.26. The summed E-state index contributed by atoms with van der Waals surface area (Å²) in [4.78, 5) is 14.0. The van der Waals surface area contributed by atoms with E-state index in [0.717, 1.165) is 31.7 Å². The molecule has 0 spiro atoms. The molecule has 2 heterocycles. The first-order chi connectivity index (χ1) is 8.04. The van der Waals surface area contributed by atoms with Crippen LogP contribution in [0, 0.1) is 12.3 Å². The monoisotopic (exact) mass is 236 g/mol. The van der Waals surface area contributed by atoms with E-state index >= 15 is 0 Å². The van der Waals surface area contributed by atoms with Crippen LogP contribution in [0.1, 0.15) is 36.1 Å². The second-order valence-corrected chi connectivity index (χ2v) is 5.22. The standard InChI is InChI=1S/C13H20N2O2/c1-10-3-4-11(17-10)12(16)15-7-5-13(2,9-14)6-8-15/h3-4H,5-9,14H2,1-2H3. The number of carbonyl (C=O) groups is 1. The lowest BCUT2D eigenvalue weighted by molar-refractivity contribution is 0.0585. The highest BCUT2D eigenvalue weighted by atomic mass is 16.3. The van der Waals surface area contributed by atoms with Crippen molar-refractivity contribution in [3.63, 3.8) is 0 Å². The lowest BCUT2D eigenvalue weighted by atomic mass is 9.80. The van der Waals surface area contributed by atoms with Gasteiger partial charge in [0.05, 0.1) is 0 Å². The van der Waals surface area contributed by atoms with Gasteiger partial charge < -0.3 is 15.1 Å². The molecule has 1 fully saturated rings. The number of aryl methyl sites for hydroxylation is 1. The minimum atomic E-state index is -0.00262. The predicted octanol–water partition coefficient (Wildman–Crippen LogP) is 1.79. The second kappa shape index (κ2) is 4.53. The number of rotatable bonds is 2. The molecular weight excluding hydrogens is 216 g/mol. The summed E-state index contributed by atoms with van der Waals surface area (Å²) >= 11 is 0. The third-order valence-corrected chi connectivity index (χ3v) is 3.70. The Morgan fingerprint density at radius 3 is 2.59 bits per heavy atom. The van der Waals surface area contributed by atoms with Gasteiger partial charge in [0.1, 0.15) is 5.76 Å². The second-order valence-electron chi connectivity index (χ2n) is 5.22. The smallest absolute Gasteiger partial charge is 0.289 e. The minimum absolute atomic E-state index is 0.00262. The number of carbonyl (C=O) groups excluding carboxylic acids is 1. The van der Waals surface area contributed by atoms with E-state index in [1.807, 2.05) is 17.9 Å². The van der Waals surface area contributed by atoms with E-state index in [1.165, 1.54) is 0 Å². The number of hydrogen-bond acceptors (Lipinski definition) is 3. The van der Waals surface area contributed by atoms with Crippen molar-refractivity contribution in [3.8, 4) is 0 Å². The third kappa shape index (κ3) is 2.52. The highest BCUT2D eigenvalue weighted by molar-refractivity contribution is 5.91. The van der Waals surface area contributed by atoms with Crippen LogP contribution in [0.5, 0.6) is 0 Å². The topological polar surface area (TPSA) is 59.5 Å². The number of furan rings is 1. The molecule has 1 amide bonds. The molecule has 1 aromatic rings. The maximum atomic E-state index is 12.1. The zero-order valence-corrected chi connectivity index (χ0v) is 10.5. The van der Waals surface area contributed by atoms with Gasteiger partial charge in [-0.3, -0.25) is 4.79 Å². The number of nitrogens with zero attached hydrogens (tertiary/aromatic N) is 1. The van der Waals surface area contributed by atoms with Crippen LogP contribution in [0.25, 0.3) is 0 Å². The van der Waals surface area contributed by atoms with Crippen molar-refractivity contribution in [1.29, 1.82) is 0 Å². The van der Waals surface area contributed by atoms with E-state index in [2.05, 4.69) is 6.92 Å². The molecule has 1 aliphatic rings. The number of hydrogen-bond donors (Lipinski definition) is 1. The van der Waals surface area contributed by atoms with Crippen molar-refractivity contribution in [1.82, 2.24) is 4.90 Å². The highest BCUT2D eigenvalue weighted by Gasteiger charge is 2.31. The van der Waals surface area contributed by atoms with Gasteiger partial charge in [0, 0.05) is 13.1 Å². The summed E-state index contributed by atoms with van der Waals surface area (Å²) in [6.07, 6.45) is 1.93. The van der Waals surface area contributed by atoms with Crippen molar-refractivity contribution < 1.29 is 9.21 Å². The molecule has 0 radical (unpaired) electrons. The molecule has 0 atom stereocenters. The first-order valence-electron chi connectivity index (χ1n) is 6.10. The summed E-state index contributed by atoms with van der Waals surface area (Å²) in [5.41, 5.74) is 5.94. The predicted molar refractivity (Wildman–Crippen MR) is 65.7 cm³/mol. The fourth-order valence-electron chi connectivity index (χ4n) is 2.16. The van der Waals surface area contributed by atoms with Gasteiger partial charge in [0.2, 0.25) is 0 Å². The van der Waals surface area contributed by atoms with Crippen LogP contribution in [0.2, 0.25) is 0 Å². The van der Waals surface area contributed by atoms with Gasteiger partial charge in [-0.2, -0.15) is 0 Å². The van der Waals surface area contributed by atoms with Gasteiger partial charge in [-0.05, 0) is 43.9 Å². The van der Waals surface area contributed by atoms with Crippen LogP contribution >= 0.6 is 0 Å². The van der Waals surface area contributed by atoms with Crippen LogP contribution in [0.4, 0.5) is 0 Å². The normalized spacial score (nSPS) is 19.4. The molecule has 1 aromatic heterocycles. The molecule has 0 unspecified atom stereocenters. The first-order valence-corrected chi connectivity index (χ1v) is 6.10. The van der Waals surface area contributed by atoms with Crippen LogP contribution in [0.3, 0.4) is 0 Å². The number of piperidine rings is 1. The Morgan fingerprint density at radius 2 is 2.12 bits per heavy atom. The molecule has 0 bridgehead atoms. The van der Waals surface area contributed by atoms with Gasteiger partial charge in [-0.1, -0.05) is 6.92 Å². The van der Waals surface area contributed by atoms with Gasteiger partial charge in [-0.25, -0.2) is 0 Å². The Labute approximate surface area is 102 Å². The molecule has 0 saturated carbocycles. The third-order valence-electron chi connectivity index (χ3n) is 3.70. The molecule has 2 N–H and O–H groups in total. The molecule has 17 heavy (non-hydrogen) atoms. The average molecular weight is 236 g/mol. The minimum Gasteiger partial charge on any atom is -0.456 e. The lowest BCUT2D eigenvalue weighted by Gasteiger charge is -2.38. The molecule has 4 nitrogen and oxygen atoms in total.